The van der Waals surface area contributed by atoms with Crippen molar-refractivity contribution in [3.8, 4) is 17.2 Å². The van der Waals surface area contributed by atoms with Gasteiger partial charge in [0.2, 0.25) is 15.8 Å². The lowest BCUT2D eigenvalue weighted by Crippen LogP contribution is -2.13. The van der Waals surface area contributed by atoms with Gasteiger partial charge in [-0.3, -0.25) is 10.1 Å². The van der Waals surface area contributed by atoms with E-state index in [4.69, 9.17) is 14.2 Å². The van der Waals surface area contributed by atoms with Crippen LogP contribution in [-0.2, 0) is 0 Å². The van der Waals surface area contributed by atoms with Crippen molar-refractivity contribution in [2.75, 3.05) is 26.6 Å². The Kier molecular flexibility index (Phi) is 4.21. The lowest BCUT2D eigenvalue weighted by Gasteiger charge is -2.13. The number of nitrogens with one attached hydrogen (secondary N) is 1. The second kappa shape index (κ2) is 6.32. The van der Waals surface area contributed by atoms with Crippen LogP contribution in [0.4, 0.5) is 5.13 Å². The summed E-state index contributed by atoms with van der Waals surface area (Å²) in [7, 11) is 4.48. The number of anilines is 1. The summed E-state index contributed by atoms with van der Waals surface area (Å²) in [5.74, 6) is 1.52. The van der Waals surface area contributed by atoms with E-state index < -0.39 is 0 Å². The zero-order valence-electron chi connectivity index (χ0n) is 13.5. The molecule has 2 aromatic heterocycles. The quantitative estimate of drug-likeness (QED) is 0.749. The minimum Gasteiger partial charge on any atom is -0.493 e. The third-order valence-corrected chi connectivity index (χ3v) is 4.11. The molecular formula is C14H15N5O4S. The molecule has 1 aromatic carbocycles. The standard InChI is InChI=1S/C14H15N5O4S/c1-7-16-17-14-19(7)18-13(24-14)15-12(20)8-5-9(21-2)11(23-4)10(6-8)22-3/h5-6H,1-4H3,(H,15,18,20). The van der Waals surface area contributed by atoms with Crippen LogP contribution in [0.3, 0.4) is 0 Å². The highest BCUT2D eigenvalue weighted by Crippen LogP contribution is 2.38. The van der Waals surface area contributed by atoms with Crippen molar-refractivity contribution in [3.05, 3.63) is 23.5 Å². The van der Waals surface area contributed by atoms with E-state index >= 15 is 0 Å². The van der Waals surface area contributed by atoms with Gasteiger partial charge in [-0.25, -0.2) is 0 Å². The zero-order valence-corrected chi connectivity index (χ0v) is 14.3. The average molecular weight is 349 g/mol. The maximum atomic E-state index is 12.5. The molecule has 0 aliphatic carbocycles. The molecule has 0 bridgehead atoms. The number of rotatable bonds is 5. The molecule has 0 radical (unpaired) electrons. The topological polar surface area (TPSA) is 99.9 Å². The van der Waals surface area contributed by atoms with Crippen molar-refractivity contribution >= 4 is 27.3 Å². The van der Waals surface area contributed by atoms with Gasteiger partial charge < -0.3 is 14.2 Å². The minimum absolute atomic E-state index is 0.350. The predicted molar refractivity (Wildman–Crippen MR) is 87.4 cm³/mol. The molecule has 0 spiro atoms. The Morgan fingerprint density at radius 2 is 1.79 bits per heavy atom. The fraction of sp³-hybridized carbons (Fsp3) is 0.286. The van der Waals surface area contributed by atoms with Gasteiger partial charge in [0.15, 0.2) is 17.3 Å². The Hall–Kier alpha value is -2.88. The van der Waals surface area contributed by atoms with E-state index in [1.807, 2.05) is 0 Å². The monoisotopic (exact) mass is 349 g/mol. The summed E-state index contributed by atoms with van der Waals surface area (Å²) < 4.78 is 17.3. The summed E-state index contributed by atoms with van der Waals surface area (Å²) in [4.78, 5) is 13.1. The van der Waals surface area contributed by atoms with Crippen LogP contribution in [-0.4, -0.2) is 47.0 Å². The smallest absolute Gasteiger partial charge is 0.257 e. The molecule has 0 fully saturated rings. The number of methoxy groups -OCH3 is 3. The number of nitrogens with zero attached hydrogens (tertiary/aromatic N) is 4. The van der Waals surface area contributed by atoms with Crippen molar-refractivity contribution in [3.63, 3.8) is 0 Å². The molecule has 3 aromatic rings. The van der Waals surface area contributed by atoms with Crippen LogP contribution in [0.2, 0.25) is 0 Å². The second-order valence-corrected chi connectivity index (χ2v) is 5.67. The van der Waals surface area contributed by atoms with E-state index in [1.165, 1.54) is 32.7 Å². The SMILES string of the molecule is COc1cc(C(=O)Nc2nn3c(C)nnc3s2)cc(OC)c1OC. The van der Waals surface area contributed by atoms with E-state index in [9.17, 15) is 4.79 Å². The summed E-state index contributed by atoms with van der Waals surface area (Å²) in [5, 5.41) is 15.3. The van der Waals surface area contributed by atoms with Gasteiger partial charge in [0.05, 0.1) is 21.3 Å². The number of amides is 1. The minimum atomic E-state index is -0.350. The van der Waals surface area contributed by atoms with Gasteiger partial charge >= 0.3 is 0 Å². The Labute approximate surface area is 141 Å². The van der Waals surface area contributed by atoms with Gasteiger partial charge in [-0.1, -0.05) is 11.3 Å². The number of ether oxygens (including phenoxy) is 3. The van der Waals surface area contributed by atoms with E-state index in [-0.39, 0.29) is 5.91 Å². The van der Waals surface area contributed by atoms with Crippen molar-refractivity contribution in [2.45, 2.75) is 6.92 Å². The molecule has 0 aliphatic heterocycles. The fourth-order valence-electron chi connectivity index (χ4n) is 2.15. The van der Waals surface area contributed by atoms with Crippen LogP contribution >= 0.6 is 11.3 Å². The molecule has 0 saturated heterocycles. The molecule has 24 heavy (non-hydrogen) atoms. The number of benzene rings is 1. The van der Waals surface area contributed by atoms with E-state index in [0.717, 1.165) is 0 Å². The van der Waals surface area contributed by atoms with Crippen LogP contribution in [0.15, 0.2) is 12.1 Å². The van der Waals surface area contributed by atoms with Crippen molar-refractivity contribution in [1.29, 1.82) is 0 Å². The Morgan fingerprint density at radius 3 is 2.33 bits per heavy atom. The van der Waals surface area contributed by atoms with Gasteiger partial charge in [0, 0.05) is 5.56 Å². The molecule has 0 atom stereocenters. The first-order chi connectivity index (χ1) is 11.6. The molecule has 1 amide bonds. The summed E-state index contributed by atoms with van der Waals surface area (Å²) in [6.45, 7) is 1.78. The molecule has 1 N–H and O–H groups in total. The Morgan fingerprint density at radius 1 is 1.12 bits per heavy atom. The summed E-state index contributed by atoms with van der Waals surface area (Å²) in [6, 6.07) is 3.14. The number of aryl methyl sites for hydroxylation is 1. The van der Waals surface area contributed by atoms with E-state index in [0.29, 0.717) is 38.7 Å². The number of carbonyl (C=O) groups excluding carboxylic acids is 1. The maximum Gasteiger partial charge on any atom is 0.257 e. The molecule has 126 valence electrons. The van der Waals surface area contributed by atoms with Crippen molar-refractivity contribution < 1.29 is 19.0 Å². The van der Waals surface area contributed by atoms with Crippen LogP contribution in [0, 0.1) is 6.92 Å². The Balaban J connectivity index is 1.91. The number of carbonyl (C=O) groups is 1. The molecule has 10 heteroatoms. The number of hydrogen-bond acceptors (Lipinski definition) is 8. The summed E-state index contributed by atoms with van der Waals surface area (Å²) in [6.07, 6.45) is 0. The molecular weight excluding hydrogens is 334 g/mol. The molecule has 0 saturated carbocycles. The van der Waals surface area contributed by atoms with E-state index in [1.54, 1.807) is 23.6 Å². The first-order valence-electron chi connectivity index (χ1n) is 6.87. The predicted octanol–water partition coefficient (Wildman–Crippen LogP) is 1.77. The van der Waals surface area contributed by atoms with Crippen LogP contribution in [0.5, 0.6) is 17.2 Å². The largest absolute Gasteiger partial charge is 0.493 e. The van der Waals surface area contributed by atoms with Gasteiger partial charge in [-0.05, 0) is 19.1 Å². The highest BCUT2D eigenvalue weighted by molar-refractivity contribution is 7.20. The maximum absolute atomic E-state index is 12.5. The van der Waals surface area contributed by atoms with Gasteiger partial charge in [-0.15, -0.1) is 15.3 Å². The normalized spacial score (nSPS) is 10.7. The lowest BCUT2D eigenvalue weighted by molar-refractivity contribution is 0.102. The van der Waals surface area contributed by atoms with Crippen molar-refractivity contribution in [1.82, 2.24) is 19.8 Å². The van der Waals surface area contributed by atoms with Crippen LogP contribution in [0.1, 0.15) is 16.2 Å². The average Bonchev–Trinajstić information content (AvgIpc) is 3.14. The van der Waals surface area contributed by atoms with Crippen molar-refractivity contribution in [2.24, 2.45) is 0 Å². The Bertz CT molecular complexity index is 879. The fourth-order valence-corrected chi connectivity index (χ4v) is 2.93. The van der Waals surface area contributed by atoms with E-state index in [2.05, 4.69) is 20.6 Å². The molecule has 0 aliphatic rings. The summed E-state index contributed by atoms with van der Waals surface area (Å²) >= 11 is 1.23. The first-order valence-corrected chi connectivity index (χ1v) is 7.69. The van der Waals surface area contributed by atoms with Gasteiger partial charge in [0.1, 0.15) is 0 Å². The zero-order chi connectivity index (χ0) is 17.3. The third-order valence-electron chi connectivity index (χ3n) is 3.29. The number of fused-ring (bicyclic) bond motifs is 1. The number of hydrogen-bond donors (Lipinski definition) is 1. The molecule has 0 unspecified atom stereocenters. The second-order valence-electron chi connectivity index (χ2n) is 4.72. The lowest BCUT2D eigenvalue weighted by atomic mass is 10.1. The number of aromatic nitrogens is 4. The van der Waals surface area contributed by atoms with Gasteiger partial charge in [0.25, 0.3) is 5.91 Å². The first kappa shape index (κ1) is 16.0. The van der Waals surface area contributed by atoms with Gasteiger partial charge in [-0.2, -0.15) is 4.52 Å². The molecule has 2 heterocycles. The molecule has 9 nitrogen and oxygen atoms in total. The highest BCUT2D eigenvalue weighted by Gasteiger charge is 2.18. The molecule has 3 rings (SSSR count). The van der Waals surface area contributed by atoms with Crippen LogP contribution < -0.4 is 19.5 Å². The summed E-state index contributed by atoms with van der Waals surface area (Å²) in [5.41, 5.74) is 0.354. The third kappa shape index (κ3) is 2.71. The highest BCUT2D eigenvalue weighted by atomic mass is 32.1. The van der Waals surface area contributed by atoms with Crippen LogP contribution in [0.25, 0.3) is 4.96 Å².